The van der Waals surface area contributed by atoms with Gasteiger partial charge in [0.05, 0.1) is 13.2 Å². The van der Waals surface area contributed by atoms with E-state index in [-0.39, 0.29) is 16.7 Å². The van der Waals surface area contributed by atoms with E-state index in [2.05, 4.69) is 4.72 Å². The van der Waals surface area contributed by atoms with Gasteiger partial charge in [0.1, 0.15) is 10.6 Å². The predicted octanol–water partition coefficient (Wildman–Crippen LogP) is 0.0790. The molecule has 0 unspecified atom stereocenters. The molecule has 18 heavy (non-hydrogen) atoms. The lowest BCUT2D eigenvalue weighted by atomic mass is 9.91. The van der Waals surface area contributed by atoms with Crippen LogP contribution < -0.4 is 15.2 Å². The van der Waals surface area contributed by atoms with Gasteiger partial charge in [-0.25, -0.2) is 13.1 Å². The minimum Gasteiger partial charge on any atom is -0.495 e. The molecule has 1 fully saturated rings. The van der Waals surface area contributed by atoms with Crippen molar-refractivity contribution in [2.75, 3.05) is 12.8 Å². The summed E-state index contributed by atoms with van der Waals surface area (Å²) >= 11 is 0. The number of aliphatic hydroxyl groups excluding tert-OH is 1. The zero-order chi connectivity index (χ0) is 13.3. The van der Waals surface area contributed by atoms with Gasteiger partial charge in [-0.2, -0.15) is 0 Å². The standard InChI is InChI=1S/C11H16N2O4S/c1-17-10-4-7(12)2-3-11(10)18(15,16)13-8-5-9(14)6-8/h2-4,8-9,13-14H,5-6,12H2,1H3. The minimum atomic E-state index is -3.64. The average Bonchev–Trinajstić information content (AvgIpc) is 2.26. The summed E-state index contributed by atoms with van der Waals surface area (Å²) in [6, 6.07) is 4.16. The molecule has 0 bridgehead atoms. The molecule has 1 aromatic carbocycles. The summed E-state index contributed by atoms with van der Waals surface area (Å²) in [7, 11) is -2.26. The number of ether oxygens (including phenoxy) is 1. The highest BCUT2D eigenvalue weighted by Crippen LogP contribution is 2.28. The van der Waals surface area contributed by atoms with Crippen molar-refractivity contribution < 1.29 is 18.3 Å². The normalized spacial score (nSPS) is 23.4. The van der Waals surface area contributed by atoms with Crippen LogP contribution in [0.3, 0.4) is 0 Å². The van der Waals surface area contributed by atoms with E-state index in [4.69, 9.17) is 15.6 Å². The number of hydrogen-bond donors (Lipinski definition) is 3. The predicted molar refractivity (Wildman–Crippen MR) is 66.8 cm³/mol. The van der Waals surface area contributed by atoms with Crippen molar-refractivity contribution in [3.05, 3.63) is 18.2 Å². The number of rotatable bonds is 4. The molecule has 1 aliphatic rings. The zero-order valence-corrected chi connectivity index (χ0v) is 10.8. The summed E-state index contributed by atoms with van der Waals surface area (Å²) in [6.45, 7) is 0. The first-order valence-electron chi connectivity index (χ1n) is 5.56. The Morgan fingerprint density at radius 3 is 2.67 bits per heavy atom. The van der Waals surface area contributed by atoms with Gasteiger partial charge in [-0.15, -0.1) is 0 Å². The lowest BCUT2D eigenvalue weighted by Crippen LogP contribution is -2.46. The van der Waals surface area contributed by atoms with Gasteiger partial charge in [-0.05, 0) is 25.0 Å². The molecule has 2 rings (SSSR count). The van der Waals surface area contributed by atoms with Crippen LogP contribution in [0.25, 0.3) is 0 Å². The summed E-state index contributed by atoms with van der Waals surface area (Å²) in [5.41, 5.74) is 6.01. The summed E-state index contributed by atoms with van der Waals surface area (Å²) in [5, 5.41) is 9.15. The number of sulfonamides is 1. The maximum atomic E-state index is 12.1. The molecule has 0 saturated heterocycles. The Morgan fingerprint density at radius 1 is 1.44 bits per heavy atom. The SMILES string of the molecule is COc1cc(N)ccc1S(=O)(=O)NC1CC(O)C1. The third-order valence-corrected chi connectivity index (χ3v) is 4.47. The van der Waals surface area contributed by atoms with Crippen LogP contribution in [0, 0.1) is 0 Å². The molecule has 7 heteroatoms. The molecule has 0 heterocycles. The number of nitrogens with two attached hydrogens (primary N) is 1. The van der Waals surface area contributed by atoms with Crippen LogP contribution in [0.5, 0.6) is 5.75 Å². The van der Waals surface area contributed by atoms with Crippen LogP contribution in [0.1, 0.15) is 12.8 Å². The molecule has 1 aliphatic carbocycles. The number of aliphatic hydroxyl groups is 1. The van der Waals surface area contributed by atoms with Crippen molar-refractivity contribution in [1.29, 1.82) is 0 Å². The molecule has 1 saturated carbocycles. The Bertz CT molecular complexity index is 538. The number of nitrogens with one attached hydrogen (secondary N) is 1. The number of nitrogen functional groups attached to an aromatic ring is 1. The Balaban J connectivity index is 2.24. The summed E-state index contributed by atoms with van der Waals surface area (Å²) < 4.78 is 31.8. The summed E-state index contributed by atoms with van der Waals surface area (Å²) in [5.74, 6) is 0.211. The molecule has 0 atom stereocenters. The average molecular weight is 272 g/mol. The highest BCUT2D eigenvalue weighted by Gasteiger charge is 2.32. The van der Waals surface area contributed by atoms with Crippen LogP contribution in [0.4, 0.5) is 5.69 Å². The molecule has 1 aromatic rings. The lowest BCUT2D eigenvalue weighted by molar-refractivity contribution is 0.0712. The molecule has 0 radical (unpaired) electrons. The number of hydrogen-bond acceptors (Lipinski definition) is 5. The van der Waals surface area contributed by atoms with Crippen molar-refractivity contribution >= 4 is 15.7 Å². The minimum absolute atomic E-state index is 0.0561. The Morgan fingerprint density at radius 2 is 2.11 bits per heavy atom. The summed E-state index contributed by atoms with van der Waals surface area (Å²) in [4.78, 5) is 0.0561. The van der Waals surface area contributed by atoms with Crippen molar-refractivity contribution in [2.24, 2.45) is 0 Å². The lowest BCUT2D eigenvalue weighted by Gasteiger charge is -2.31. The van der Waals surface area contributed by atoms with E-state index in [0.29, 0.717) is 18.5 Å². The second-order valence-electron chi connectivity index (χ2n) is 4.35. The summed E-state index contributed by atoms with van der Waals surface area (Å²) in [6.07, 6.45) is 0.471. The molecule has 0 spiro atoms. The molecule has 0 aliphatic heterocycles. The van der Waals surface area contributed by atoms with Crippen LogP contribution in [0.15, 0.2) is 23.1 Å². The van der Waals surface area contributed by atoms with Gasteiger partial charge in [-0.3, -0.25) is 0 Å². The quantitative estimate of drug-likeness (QED) is 0.674. The number of benzene rings is 1. The fraction of sp³-hybridized carbons (Fsp3) is 0.455. The molecule has 0 aromatic heterocycles. The van der Waals surface area contributed by atoms with E-state index in [1.807, 2.05) is 0 Å². The van der Waals surface area contributed by atoms with Gasteiger partial charge in [-0.1, -0.05) is 0 Å². The van der Waals surface area contributed by atoms with Crippen molar-refractivity contribution in [2.45, 2.75) is 29.9 Å². The van der Waals surface area contributed by atoms with Crippen molar-refractivity contribution in [3.8, 4) is 5.75 Å². The molecule has 6 nitrogen and oxygen atoms in total. The van der Waals surface area contributed by atoms with Gasteiger partial charge in [0.15, 0.2) is 0 Å². The van der Waals surface area contributed by atoms with E-state index in [0.717, 1.165) is 0 Å². The first-order chi connectivity index (χ1) is 8.42. The molecular weight excluding hydrogens is 256 g/mol. The van der Waals surface area contributed by atoms with Crippen LogP contribution in [-0.4, -0.2) is 32.8 Å². The first-order valence-corrected chi connectivity index (χ1v) is 7.04. The van der Waals surface area contributed by atoms with Crippen LogP contribution in [-0.2, 0) is 10.0 Å². The smallest absolute Gasteiger partial charge is 0.244 e. The Kier molecular flexibility index (Phi) is 3.47. The van der Waals surface area contributed by atoms with Crippen molar-refractivity contribution in [3.63, 3.8) is 0 Å². The van der Waals surface area contributed by atoms with Gasteiger partial charge < -0.3 is 15.6 Å². The second kappa shape index (κ2) is 4.75. The monoisotopic (exact) mass is 272 g/mol. The van der Waals surface area contributed by atoms with E-state index in [1.54, 1.807) is 0 Å². The Hall–Kier alpha value is -1.31. The number of anilines is 1. The van der Waals surface area contributed by atoms with E-state index >= 15 is 0 Å². The van der Waals surface area contributed by atoms with Gasteiger partial charge in [0.25, 0.3) is 0 Å². The fourth-order valence-corrected chi connectivity index (χ4v) is 3.29. The van der Waals surface area contributed by atoms with Gasteiger partial charge >= 0.3 is 0 Å². The fourth-order valence-electron chi connectivity index (χ4n) is 1.87. The zero-order valence-electron chi connectivity index (χ0n) is 9.96. The highest BCUT2D eigenvalue weighted by atomic mass is 32.2. The van der Waals surface area contributed by atoms with Crippen LogP contribution in [0.2, 0.25) is 0 Å². The molecule has 100 valence electrons. The van der Waals surface area contributed by atoms with E-state index in [1.165, 1.54) is 25.3 Å². The van der Waals surface area contributed by atoms with Gasteiger partial charge in [0, 0.05) is 17.8 Å². The van der Waals surface area contributed by atoms with Crippen LogP contribution >= 0.6 is 0 Å². The largest absolute Gasteiger partial charge is 0.495 e. The highest BCUT2D eigenvalue weighted by molar-refractivity contribution is 7.89. The Labute approximate surface area is 106 Å². The molecule has 4 N–H and O–H groups in total. The van der Waals surface area contributed by atoms with E-state index in [9.17, 15) is 8.42 Å². The third kappa shape index (κ3) is 2.58. The van der Waals surface area contributed by atoms with Gasteiger partial charge in [0.2, 0.25) is 10.0 Å². The first kappa shape index (κ1) is 13.1. The number of methoxy groups -OCH3 is 1. The van der Waals surface area contributed by atoms with Crippen molar-refractivity contribution in [1.82, 2.24) is 4.72 Å². The van der Waals surface area contributed by atoms with E-state index < -0.39 is 16.1 Å². The molecular formula is C11H16N2O4S. The topological polar surface area (TPSA) is 102 Å². The maximum Gasteiger partial charge on any atom is 0.244 e. The second-order valence-corrected chi connectivity index (χ2v) is 6.04. The maximum absolute atomic E-state index is 12.1. The molecule has 0 amide bonds. The third-order valence-electron chi connectivity index (χ3n) is 2.91.